The van der Waals surface area contributed by atoms with Gasteiger partial charge in [-0.2, -0.15) is 0 Å². The molecule has 76 valence electrons. The predicted octanol–water partition coefficient (Wildman–Crippen LogP) is 3.37. The third kappa shape index (κ3) is 2.23. The summed E-state index contributed by atoms with van der Waals surface area (Å²) >= 11 is 2.07. The van der Waals surface area contributed by atoms with E-state index in [9.17, 15) is 10.2 Å². The Morgan fingerprint density at radius 3 is 2.27 bits per heavy atom. The van der Waals surface area contributed by atoms with Crippen LogP contribution in [0, 0.1) is 3.57 Å². The number of hydrogen-bond acceptors (Lipinski definition) is 2. The van der Waals surface area contributed by atoms with Crippen molar-refractivity contribution in [3.63, 3.8) is 0 Å². The van der Waals surface area contributed by atoms with E-state index in [2.05, 4.69) is 22.6 Å². The average molecular weight is 312 g/mol. The van der Waals surface area contributed by atoms with Crippen molar-refractivity contribution in [3.8, 4) is 22.6 Å². The van der Waals surface area contributed by atoms with Gasteiger partial charge in [-0.05, 0) is 58.0 Å². The Kier molecular flexibility index (Phi) is 2.81. The van der Waals surface area contributed by atoms with E-state index < -0.39 is 0 Å². The van der Waals surface area contributed by atoms with Gasteiger partial charge < -0.3 is 10.2 Å². The Balaban J connectivity index is 2.50. The van der Waals surface area contributed by atoms with Gasteiger partial charge in [0.25, 0.3) is 0 Å². The number of aromatic hydroxyl groups is 2. The van der Waals surface area contributed by atoms with Crippen molar-refractivity contribution in [3.05, 3.63) is 46.0 Å². The predicted molar refractivity (Wildman–Crippen MR) is 67.9 cm³/mol. The monoisotopic (exact) mass is 312 g/mol. The minimum atomic E-state index is 0.227. The Morgan fingerprint density at radius 2 is 1.60 bits per heavy atom. The largest absolute Gasteiger partial charge is 0.508 e. The summed E-state index contributed by atoms with van der Waals surface area (Å²) in [5.41, 5.74) is 1.78. The second-order valence-electron chi connectivity index (χ2n) is 3.22. The standard InChI is InChI=1S/C12H9IO2/c13-11-5-4-9(7-12(11)15)8-2-1-3-10(14)6-8/h1-7,14-15H. The van der Waals surface area contributed by atoms with Crippen LogP contribution in [0.4, 0.5) is 0 Å². The van der Waals surface area contributed by atoms with Gasteiger partial charge in [0.15, 0.2) is 0 Å². The number of phenolic OH excluding ortho intramolecular Hbond substituents is 2. The van der Waals surface area contributed by atoms with Crippen molar-refractivity contribution < 1.29 is 10.2 Å². The molecule has 0 amide bonds. The van der Waals surface area contributed by atoms with E-state index in [0.29, 0.717) is 0 Å². The highest BCUT2D eigenvalue weighted by molar-refractivity contribution is 14.1. The van der Waals surface area contributed by atoms with Crippen LogP contribution in [0.1, 0.15) is 0 Å². The molecule has 2 nitrogen and oxygen atoms in total. The molecule has 2 rings (SSSR count). The molecule has 3 heteroatoms. The molecule has 0 unspecified atom stereocenters. The van der Waals surface area contributed by atoms with E-state index in [1.165, 1.54) is 0 Å². The van der Waals surface area contributed by atoms with Gasteiger partial charge in [0.2, 0.25) is 0 Å². The van der Waals surface area contributed by atoms with Crippen molar-refractivity contribution >= 4 is 22.6 Å². The van der Waals surface area contributed by atoms with Crippen LogP contribution in [0.5, 0.6) is 11.5 Å². The van der Waals surface area contributed by atoms with E-state index in [1.807, 2.05) is 18.2 Å². The lowest BCUT2D eigenvalue weighted by molar-refractivity contribution is 0.471. The molecular formula is C12H9IO2. The first kappa shape index (κ1) is 10.3. The second kappa shape index (κ2) is 4.10. The third-order valence-corrected chi connectivity index (χ3v) is 3.04. The zero-order valence-electron chi connectivity index (χ0n) is 7.81. The zero-order chi connectivity index (χ0) is 10.8. The minimum absolute atomic E-state index is 0.227. The summed E-state index contributed by atoms with van der Waals surface area (Å²) in [7, 11) is 0. The lowest BCUT2D eigenvalue weighted by Crippen LogP contribution is -1.79. The molecule has 0 aliphatic rings. The first-order chi connectivity index (χ1) is 7.16. The summed E-state index contributed by atoms with van der Waals surface area (Å²) in [5, 5.41) is 18.9. The highest BCUT2D eigenvalue weighted by Crippen LogP contribution is 2.28. The van der Waals surface area contributed by atoms with Gasteiger partial charge in [0, 0.05) is 0 Å². The van der Waals surface area contributed by atoms with Crippen LogP contribution in [0.2, 0.25) is 0 Å². The molecule has 0 aliphatic heterocycles. The second-order valence-corrected chi connectivity index (χ2v) is 4.38. The summed E-state index contributed by atoms with van der Waals surface area (Å²) in [5.74, 6) is 0.488. The smallest absolute Gasteiger partial charge is 0.129 e. The van der Waals surface area contributed by atoms with Crippen LogP contribution in [-0.2, 0) is 0 Å². The lowest BCUT2D eigenvalue weighted by Gasteiger charge is -2.04. The summed E-state index contributed by atoms with van der Waals surface area (Å²) in [6, 6.07) is 12.4. The first-order valence-corrected chi connectivity index (χ1v) is 5.52. The molecule has 2 N–H and O–H groups in total. The minimum Gasteiger partial charge on any atom is -0.508 e. The maximum Gasteiger partial charge on any atom is 0.129 e. The number of halogens is 1. The van der Waals surface area contributed by atoms with Crippen molar-refractivity contribution in [2.45, 2.75) is 0 Å². The Bertz CT molecular complexity index is 495. The summed E-state index contributed by atoms with van der Waals surface area (Å²) < 4.78 is 0.816. The number of benzene rings is 2. The SMILES string of the molecule is Oc1cccc(-c2ccc(I)c(O)c2)c1. The van der Waals surface area contributed by atoms with Gasteiger partial charge >= 0.3 is 0 Å². The van der Waals surface area contributed by atoms with Gasteiger partial charge in [-0.25, -0.2) is 0 Å². The highest BCUT2D eigenvalue weighted by Gasteiger charge is 2.02. The molecule has 0 aromatic heterocycles. The Hall–Kier alpha value is -1.23. The molecule has 0 radical (unpaired) electrons. The van der Waals surface area contributed by atoms with Gasteiger partial charge in [-0.15, -0.1) is 0 Å². The normalized spacial score (nSPS) is 10.2. The molecule has 0 saturated heterocycles. The molecule has 2 aromatic carbocycles. The zero-order valence-corrected chi connectivity index (χ0v) is 9.97. The fraction of sp³-hybridized carbons (Fsp3) is 0. The van der Waals surface area contributed by atoms with E-state index in [-0.39, 0.29) is 11.5 Å². The van der Waals surface area contributed by atoms with E-state index >= 15 is 0 Å². The van der Waals surface area contributed by atoms with Crippen LogP contribution in [-0.4, -0.2) is 10.2 Å². The first-order valence-electron chi connectivity index (χ1n) is 4.45. The number of phenols is 2. The Morgan fingerprint density at radius 1 is 0.867 bits per heavy atom. The fourth-order valence-corrected chi connectivity index (χ4v) is 1.71. The molecule has 2 aromatic rings. The third-order valence-electron chi connectivity index (χ3n) is 2.13. The average Bonchev–Trinajstić information content (AvgIpc) is 2.22. The van der Waals surface area contributed by atoms with Gasteiger partial charge in [0.05, 0.1) is 3.57 Å². The Labute approximate surface area is 101 Å². The number of rotatable bonds is 1. The molecule has 0 aliphatic carbocycles. The summed E-state index contributed by atoms with van der Waals surface area (Å²) in [6.45, 7) is 0. The summed E-state index contributed by atoms with van der Waals surface area (Å²) in [4.78, 5) is 0. The topological polar surface area (TPSA) is 40.5 Å². The van der Waals surface area contributed by atoms with Gasteiger partial charge in [0.1, 0.15) is 11.5 Å². The number of hydrogen-bond donors (Lipinski definition) is 2. The highest BCUT2D eigenvalue weighted by atomic mass is 127. The molecule has 0 bridgehead atoms. The van der Waals surface area contributed by atoms with Gasteiger partial charge in [-0.1, -0.05) is 18.2 Å². The fourth-order valence-electron chi connectivity index (χ4n) is 1.38. The van der Waals surface area contributed by atoms with Crippen molar-refractivity contribution in [2.75, 3.05) is 0 Å². The van der Waals surface area contributed by atoms with E-state index in [4.69, 9.17) is 0 Å². The molecule has 0 saturated carbocycles. The molecular weight excluding hydrogens is 303 g/mol. The van der Waals surface area contributed by atoms with Gasteiger partial charge in [-0.3, -0.25) is 0 Å². The molecule has 0 spiro atoms. The van der Waals surface area contributed by atoms with Crippen LogP contribution >= 0.6 is 22.6 Å². The molecule has 0 fully saturated rings. The maximum absolute atomic E-state index is 9.56. The molecule has 15 heavy (non-hydrogen) atoms. The van der Waals surface area contributed by atoms with Crippen LogP contribution in [0.15, 0.2) is 42.5 Å². The van der Waals surface area contributed by atoms with E-state index in [1.54, 1.807) is 24.3 Å². The van der Waals surface area contributed by atoms with Crippen molar-refractivity contribution in [2.24, 2.45) is 0 Å². The van der Waals surface area contributed by atoms with Crippen molar-refractivity contribution in [1.29, 1.82) is 0 Å². The molecule has 0 atom stereocenters. The molecule has 0 heterocycles. The maximum atomic E-state index is 9.56. The van der Waals surface area contributed by atoms with Crippen LogP contribution in [0.3, 0.4) is 0 Å². The van der Waals surface area contributed by atoms with E-state index in [0.717, 1.165) is 14.7 Å². The van der Waals surface area contributed by atoms with Crippen molar-refractivity contribution in [1.82, 2.24) is 0 Å². The lowest BCUT2D eigenvalue weighted by atomic mass is 10.1. The van der Waals surface area contributed by atoms with Crippen LogP contribution < -0.4 is 0 Å². The summed E-state index contributed by atoms with van der Waals surface area (Å²) in [6.07, 6.45) is 0. The quantitative estimate of drug-likeness (QED) is 0.793. The van der Waals surface area contributed by atoms with Crippen LogP contribution in [0.25, 0.3) is 11.1 Å².